The van der Waals surface area contributed by atoms with Gasteiger partial charge in [0.1, 0.15) is 6.29 Å². The highest BCUT2D eigenvalue weighted by atomic mass is 16.5. The van der Waals surface area contributed by atoms with Gasteiger partial charge < -0.3 is 9.47 Å². The molecular formula is C17H19NO4. The molecule has 2 rings (SSSR count). The SMILES string of the molecule is C#CCN1C(=O)C(C(C)C)Oc2c(OCC)cc(C=O)cc21. The molecule has 5 heteroatoms. The molecule has 22 heavy (non-hydrogen) atoms. The molecule has 0 bridgehead atoms. The smallest absolute Gasteiger partial charge is 0.269 e. The van der Waals surface area contributed by atoms with Gasteiger partial charge in [0.25, 0.3) is 5.91 Å². The number of rotatable bonds is 5. The Kier molecular flexibility index (Phi) is 4.71. The first-order valence-corrected chi connectivity index (χ1v) is 7.21. The second-order valence-electron chi connectivity index (χ2n) is 5.33. The van der Waals surface area contributed by atoms with Crippen LogP contribution in [0.3, 0.4) is 0 Å². The van der Waals surface area contributed by atoms with Crippen molar-refractivity contribution in [3.63, 3.8) is 0 Å². The molecule has 1 atom stereocenters. The third kappa shape index (κ3) is 2.77. The van der Waals surface area contributed by atoms with Crippen LogP contribution in [0.5, 0.6) is 11.5 Å². The molecule has 1 amide bonds. The lowest BCUT2D eigenvalue weighted by atomic mass is 10.0. The standard InChI is InChI=1S/C17H19NO4/c1-5-7-18-13-8-12(10-19)9-14(21-6-2)16(13)22-15(11(3)4)17(18)20/h1,8-11,15H,6-7H2,2-4H3. The zero-order valence-electron chi connectivity index (χ0n) is 13.0. The van der Waals surface area contributed by atoms with Crippen LogP contribution in [0, 0.1) is 18.3 Å². The van der Waals surface area contributed by atoms with Crippen LogP contribution in [0.1, 0.15) is 31.1 Å². The van der Waals surface area contributed by atoms with Gasteiger partial charge in [0.2, 0.25) is 0 Å². The Balaban J connectivity index is 2.62. The predicted molar refractivity (Wildman–Crippen MR) is 83.4 cm³/mol. The molecule has 1 aromatic rings. The fourth-order valence-corrected chi connectivity index (χ4v) is 2.38. The van der Waals surface area contributed by atoms with E-state index < -0.39 is 6.10 Å². The molecule has 0 saturated carbocycles. The minimum atomic E-state index is -0.623. The molecule has 0 saturated heterocycles. The summed E-state index contributed by atoms with van der Waals surface area (Å²) in [6.45, 7) is 6.19. The van der Waals surface area contributed by atoms with Gasteiger partial charge in [-0.15, -0.1) is 6.42 Å². The molecule has 5 nitrogen and oxygen atoms in total. The van der Waals surface area contributed by atoms with E-state index in [1.807, 2.05) is 20.8 Å². The summed E-state index contributed by atoms with van der Waals surface area (Å²) in [6.07, 6.45) is 5.46. The second-order valence-corrected chi connectivity index (χ2v) is 5.33. The largest absolute Gasteiger partial charge is 0.490 e. The number of amides is 1. The predicted octanol–water partition coefficient (Wildman–Crippen LogP) is 2.28. The zero-order chi connectivity index (χ0) is 16.3. The van der Waals surface area contributed by atoms with E-state index in [0.29, 0.717) is 35.6 Å². The molecule has 1 unspecified atom stereocenters. The molecule has 0 spiro atoms. The molecule has 1 aliphatic heterocycles. The molecular weight excluding hydrogens is 282 g/mol. The van der Waals surface area contributed by atoms with Crippen molar-refractivity contribution in [1.82, 2.24) is 0 Å². The highest BCUT2D eigenvalue weighted by molar-refractivity contribution is 6.02. The van der Waals surface area contributed by atoms with E-state index in [2.05, 4.69) is 5.92 Å². The number of aldehydes is 1. The van der Waals surface area contributed by atoms with Crippen LogP contribution in [0.15, 0.2) is 12.1 Å². The first kappa shape index (κ1) is 15.9. The average molecular weight is 301 g/mol. The van der Waals surface area contributed by atoms with E-state index >= 15 is 0 Å². The van der Waals surface area contributed by atoms with Gasteiger partial charge in [-0.3, -0.25) is 14.5 Å². The number of carbonyl (C=O) groups excluding carboxylic acids is 2. The average Bonchev–Trinajstić information content (AvgIpc) is 2.49. The minimum Gasteiger partial charge on any atom is -0.490 e. The molecule has 0 N–H and O–H groups in total. The Bertz CT molecular complexity index is 630. The summed E-state index contributed by atoms with van der Waals surface area (Å²) in [7, 11) is 0. The number of benzene rings is 1. The molecule has 0 aromatic heterocycles. The number of fused-ring (bicyclic) bond motifs is 1. The van der Waals surface area contributed by atoms with Gasteiger partial charge in [0.15, 0.2) is 17.6 Å². The van der Waals surface area contributed by atoms with Crippen molar-refractivity contribution in [2.24, 2.45) is 5.92 Å². The van der Waals surface area contributed by atoms with Gasteiger partial charge in [-0.1, -0.05) is 19.8 Å². The minimum absolute atomic E-state index is 0.0128. The van der Waals surface area contributed by atoms with Crippen molar-refractivity contribution in [2.45, 2.75) is 26.9 Å². The maximum absolute atomic E-state index is 12.6. The highest BCUT2D eigenvalue weighted by Crippen LogP contribution is 2.43. The number of hydrogen-bond acceptors (Lipinski definition) is 4. The Morgan fingerprint density at radius 2 is 2.23 bits per heavy atom. The Labute approximate surface area is 130 Å². The van der Waals surface area contributed by atoms with E-state index in [1.165, 1.54) is 4.90 Å². The quantitative estimate of drug-likeness (QED) is 0.618. The lowest BCUT2D eigenvalue weighted by Gasteiger charge is -2.36. The van der Waals surface area contributed by atoms with Crippen molar-refractivity contribution in [2.75, 3.05) is 18.1 Å². The van der Waals surface area contributed by atoms with Crippen LogP contribution >= 0.6 is 0 Å². The number of nitrogens with zero attached hydrogens (tertiary/aromatic N) is 1. The second kappa shape index (κ2) is 6.52. The van der Waals surface area contributed by atoms with E-state index in [9.17, 15) is 9.59 Å². The fourth-order valence-electron chi connectivity index (χ4n) is 2.38. The fraction of sp³-hybridized carbons (Fsp3) is 0.412. The summed E-state index contributed by atoms with van der Waals surface area (Å²) < 4.78 is 11.4. The van der Waals surface area contributed by atoms with E-state index in [0.717, 1.165) is 0 Å². The molecule has 116 valence electrons. The zero-order valence-corrected chi connectivity index (χ0v) is 13.0. The molecule has 0 aliphatic carbocycles. The summed E-state index contributed by atoms with van der Waals surface area (Å²) in [4.78, 5) is 25.2. The van der Waals surface area contributed by atoms with Gasteiger partial charge in [-0.2, -0.15) is 0 Å². The van der Waals surface area contributed by atoms with Gasteiger partial charge in [0.05, 0.1) is 18.8 Å². The van der Waals surface area contributed by atoms with Crippen LogP contribution in [0.2, 0.25) is 0 Å². The highest BCUT2D eigenvalue weighted by Gasteiger charge is 2.38. The number of anilines is 1. The molecule has 0 radical (unpaired) electrons. The van der Waals surface area contributed by atoms with Crippen LogP contribution in [0.25, 0.3) is 0 Å². The van der Waals surface area contributed by atoms with Crippen molar-refractivity contribution in [1.29, 1.82) is 0 Å². The van der Waals surface area contributed by atoms with Gasteiger partial charge in [-0.05, 0) is 25.0 Å². The number of terminal acetylenes is 1. The van der Waals surface area contributed by atoms with Gasteiger partial charge in [-0.25, -0.2) is 0 Å². The van der Waals surface area contributed by atoms with Crippen LogP contribution in [-0.4, -0.2) is 31.4 Å². The maximum atomic E-state index is 12.6. The van der Waals surface area contributed by atoms with Crippen molar-refractivity contribution in [3.05, 3.63) is 17.7 Å². The van der Waals surface area contributed by atoms with Gasteiger partial charge in [0, 0.05) is 5.56 Å². The summed E-state index contributed by atoms with van der Waals surface area (Å²) in [5, 5.41) is 0. The molecule has 1 aliphatic rings. The molecule has 0 fully saturated rings. The van der Waals surface area contributed by atoms with Crippen LogP contribution in [0.4, 0.5) is 5.69 Å². The van der Waals surface area contributed by atoms with Crippen molar-refractivity contribution < 1.29 is 19.1 Å². The lowest BCUT2D eigenvalue weighted by molar-refractivity contribution is -0.128. The third-order valence-electron chi connectivity index (χ3n) is 3.39. The normalized spacial score (nSPS) is 16.8. The Morgan fingerprint density at radius 3 is 2.77 bits per heavy atom. The molecule has 1 heterocycles. The lowest BCUT2D eigenvalue weighted by Crippen LogP contribution is -2.48. The maximum Gasteiger partial charge on any atom is 0.269 e. The number of carbonyl (C=O) groups is 2. The summed E-state index contributed by atoms with van der Waals surface area (Å²) in [5.41, 5.74) is 0.886. The van der Waals surface area contributed by atoms with Crippen molar-refractivity contribution >= 4 is 17.9 Å². The number of ether oxygens (including phenoxy) is 2. The first-order valence-electron chi connectivity index (χ1n) is 7.21. The number of hydrogen-bond donors (Lipinski definition) is 0. The van der Waals surface area contributed by atoms with Crippen LogP contribution < -0.4 is 14.4 Å². The summed E-state index contributed by atoms with van der Waals surface area (Å²) in [5.74, 6) is 3.17. The summed E-state index contributed by atoms with van der Waals surface area (Å²) >= 11 is 0. The van der Waals surface area contributed by atoms with E-state index in [-0.39, 0.29) is 18.4 Å². The Hall–Kier alpha value is -2.48. The molecule has 1 aromatic carbocycles. The van der Waals surface area contributed by atoms with Crippen LogP contribution in [-0.2, 0) is 4.79 Å². The van der Waals surface area contributed by atoms with E-state index in [1.54, 1.807) is 12.1 Å². The first-order chi connectivity index (χ1) is 10.5. The topological polar surface area (TPSA) is 55.8 Å². The van der Waals surface area contributed by atoms with Gasteiger partial charge >= 0.3 is 0 Å². The third-order valence-corrected chi connectivity index (χ3v) is 3.39. The summed E-state index contributed by atoms with van der Waals surface area (Å²) in [6, 6.07) is 3.20. The Morgan fingerprint density at radius 1 is 1.50 bits per heavy atom. The van der Waals surface area contributed by atoms with Crippen molar-refractivity contribution in [3.8, 4) is 23.8 Å². The monoisotopic (exact) mass is 301 g/mol. The van der Waals surface area contributed by atoms with E-state index in [4.69, 9.17) is 15.9 Å².